The van der Waals surface area contributed by atoms with Crippen molar-refractivity contribution in [1.82, 2.24) is 0 Å². The average molecular weight is 605 g/mol. The number of hydrogen-bond acceptors (Lipinski definition) is 5. The van der Waals surface area contributed by atoms with Gasteiger partial charge < -0.3 is 23.7 Å². The van der Waals surface area contributed by atoms with Crippen LogP contribution >= 0.6 is 0 Å². The monoisotopic (exact) mass is 604 g/mol. The number of rotatable bonds is 22. The molecular formula is C38H49FO5. The molecule has 0 unspecified atom stereocenters. The fourth-order valence-electron chi connectivity index (χ4n) is 5.09. The maximum Gasteiger partial charge on any atom is 0.165 e. The molecule has 3 aromatic carbocycles. The Kier molecular flexibility index (Phi) is 14.1. The van der Waals surface area contributed by atoms with Gasteiger partial charge in [-0.3, -0.25) is 0 Å². The summed E-state index contributed by atoms with van der Waals surface area (Å²) in [5, 5.41) is 0. The van der Waals surface area contributed by atoms with Gasteiger partial charge in [-0.15, -0.1) is 0 Å². The van der Waals surface area contributed by atoms with Crippen LogP contribution in [0.3, 0.4) is 0 Å². The number of benzene rings is 3. The summed E-state index contributed by atoms with van der Waals surface area (Å²) in [6.07, 6.45) is 11.2. The molecule has 0 atom stereocenters. The molecule has 1 aliphatic rings. The Morgan fingerprint density at radius 2 is 1.25 bits per heavy atom. The lowest BCUT2D eigenvalue weighted by Crippen LogP contribution is -2.45. The molecule has 0 bridgehead atoms. The van der Waals surface area contributed by atoms with E-state index in [0.717, 1.165) is 119 Å². The molecular weight excluding hydrogens is 555 g/mol. The number of halogens is 1. The molecule has 0 aromatic heterocycles. The van der Waals surface area contributed by atoms with E-state index in [-0.39, 0.29) is 11.2 Å². The first-order valence-electron chi connectivity index (χ1n) is 16.3. The molecule has 44 heavy (non-hydrogen) atoms. The van der Waals surface area contributed by atoms with Crippen LogP contribution in [0.15, 0.2) is 73.3 Å². The van der Waals surface area contributed by atoms with Crippen molar-refractivity contribution in [2.45, 2.75) is 64.7 Å². The standard InChI is InChI=1S/C38H49FO5/c1-3-31-13-18-34(19-14-31)42-24-10-7-8-11-25-43-35-20-15-32(16-21-35)33-17-22-37(36(39)27-33)44-26-12-6-5-9-23-40-28-38(4-2)29-41-30-38/h3,13-22,27H,1,4-12,23-26,28-30H2,2H3. The molecule has 0 aliphatic carbocycles. The fourth-order valence-corrected chi connectivity index (χ4v) is 5.09. The highest BCUT2D eigenvalue weighted by molar-refractivity contribution is 5.65. The highest BCUT2D eigenvalue weighted by Gasteiger charge is 2.36. The molecule has 1 heterocycles. The molecule has 0 N–H and O–H groups in total. The highest BCUT2D eigenvalue weighted by Crippen LogP contribution is 2.31. The van der Waals surface area contributed by atoms with Crippen LogP contribution in [0.1, 0.15) is 70.3 Å². The molecule has 0 saturated carbocycles. The van der Waals surface area contributed by atoms with E-state index in [4.69, 9.17) is 23.7 Å². The summed E-state index contributed by atoms with van der Waals surface area (Å²) in [5.74, 6) is 1.69. The molecule has 4 rings (SSSR count). The summed E-state index contributed by atoms with van der Waals surface area (Å²) in [4.78, 5) is 0. The maximum absolute atomic E-state index is 14.7. The predicted octanol–water partition coefficient (Wildman–Crippen LogP) is 9.54. The zero-order valence-corrected chi connectivity index (χ0v) is 26.4. The molecule has 0 spiro atoms. The normalized spacial score (nSPS) is 13.7. The van der Waals surface area contributed by atoms with Crippen molar-refractivity contribution < 1.29 is 28.1 Å². The average Bonchev–Trinajstić information content (AvgIpc) is 3.03. The third-order valence-corrected chi connectivity index (χ3v) is 8.23. The van der Waals surface area contributed by atoms with Crippen LogP contribution in [0.4, 0.5) is 4.39 Å². The van der Waals surface area contributed by atoms with Gasteiger partial charge in [-0.2, -0.15) is 0 Å². The van der Waals surface area contributed by atoms with Crippen molar-refractivity contribution in [1.29, 1.82) is 0 Å². The van der Waals surface area contributed by atoms with Gasteiger partial charge in [-0.25, -0.2) is 4.39 Å². The van der Waals surface area contributed by atoms with E-state index in [9.17, 15) is 4.39 Å². The lowest BCUT2D eigenvalue weighted by atomic mass is 9.84. The fraction of sp³-hybridized carbons (Fsp3) is 0.474. The van der Waals surface area contributed by atoms with Crippen LogP contribution in [-0.4, -0.2) is 46.2 Å². The molecule has 6 heteroatoms. The van der Waals surface area contributed by atoms with Gasteiger partial charge in [-0.1, -0.05) is 56.3 Å². The molecule has 1 saturated heterocycles. The Labute approximate surface area is 263 Å². The molecule has 5 nitrogen and oxygen atoms in total. The summed E-state index contributed by atoms with van der Waals surface area (Å²) in [6, 6.07) is 21.0. The first kappa shape index (κ1) is 33.5. The third-order valence-electron chi connectivity index (χ3n) is 8.23. The van der Waals surface area contributed by atoms with Gasteiger partial charge in [0.1, 0.15) is 11.5 Å². The minimum Gasteiger partial charge on any atom is -0.494 e. The van der Waals surface area contributed by atoms with Crippen molar-refractivity contribution in [3.63, 3.8) is 0 Å². The first-order valence-corrected chi connectivity index (χ1v) is 16.3. The lowest BCUT2D eigenvalue weighted by Gasteiger charge is -2.40. The molecule has 238 valence electrons. The van der Waals surface area contributed by atoms with Gasteiger partial charge in [-0.05, 0) is 104 Å². The van der Waals surface area contributed by atoms with Crippen LogP contribution < -0.4 is 14.2 Å². The second kappa shape index (κ2) is 18.5. The van der Waals surface area contributed by atoms with E-state index in [0.29, 0.717) is 19.0 Å². The van der Waals surface area contributed by atoms with Gasteiger partial charge in [0.25, 0.3) is 0 Å². The van der Waals surface area contributed by atoms with Crippen molar-refractivity contribution >= 4 is 6.08 Å². The third kappa shape index (κ3) is 11.0. The van der Waals surface area contributed by atoms with Gasteiger partial charge in [0.15, 0.2) is 11.6 Å². The highest BCUT2D eigenvalue weighted by atomic mass is 19.1. The van der Waals surface area contributed by atoms with Crippen molar-refractivity contribution in [3.8, 4) is 28.4 Å². The van der Waals surface area contributed by atoms with E-state index in [1.54, 1.807) is 12.1 Å². The number of hydrogen-bond donors (Lipinski definition) is 0. The van der Waals surface area contributed by atoms with Gasteiger partial charge in [0.05, 0.1) is 39.6 Å². The number of ether oxygens (including phenoxy) is 5. The van der Waals surface area contributed by atoms with E-state index < -0.39 is 0 Å². The molecule has 0 radical (unpaired) electrons. The zero-order chi connectivity index (χ0) is 30.9. The van der Waals surface area contributed by atoms with Crippen molar-refractivity contribution in [2.75, 3.05) is 46.2 Å². The second-order valence-corrected chi connectivity index (χ2v) is 11.7. The van der Waals surface area contributed by atoms with Crippen LogP contribution in [-0.2, 0) is 9.47 Å². The Morgan fingerprint density at radius 3 is 1.77 bits per heavy atom. The minimum atomic E-state index is -0.336. The minimum absolute atomic E-state index is 0.253. The molecule has 1 aliphatic heterocycles. The largest absolute Gasteiger partial charge is 0.494 e. The Balaban J connectivity index is 1.03. The summed E-state index contributed by atoms with van der Waals surface area (Å²) in [6.45, 7) is 11.1. The van der Waals surface area contributed by atoms with Gasteiger partial charge in [0.2, 0.25) is 0 Å². The van der Waals surface area contributed by atoms with Crippen molar-refractivity contribution in [2.24, 2.45) is 5.41 Å². The van der Waals surface area contributed by atoms with Crippen LogP contribution in [0.5, 0.6) is 17.2 Å². The smallest absolute Gasteiger partial charge is 0.165 e. The molecule has 3 aromatic rings. The Hall–Kier alpha value is -3.35. The molecule has 0 amide bonds. The summed E-state index contributed by atoms with van der Waals surface area (Å²) >= 11 is 0. The SMILES string of the molecule is C=Cc1ccc(OCCCCCCOc2ccc(-c3ccc(OCCCCCCOCC4(CC)COC4)c(F)c3)cc2)cc1. The Morgan fingerprint density at radius 1 is 0.705 bits per heavy atom. The van der Waals surface area contributed by atoms with Crippen LogP contribution in [0.2, 0.25) is 0 Å². The topological polar surface area (TPSA) is 46.2 Å². The van der Waals surface area contributed by atoms with Crippen molar-refractivity contribution in [3.05, 3.63) is 84.7 Å². The van der Waals surface area contributed by atoms with E-state index in [1.165, 1.54) is 0 Å². The van der Waals surface area contributed by atoms with Crippen LogP contribution in [0, 0.1) is 11.2 Å². The maximum atomic E-state index is 14.7. The van der Waals surface area contributed by atoms with Gasteiger partial charge in [0, 0.05) is 12.0 Å². The van der Waals surface area contributed by atoms with E-state index in [2.05, 4.69) is 13.5 Å². The van der Waals surface area contributed by atoms with E-state index >= 15 is 0 Å². The van der Waals surface area contributed by atoms with Gasteiger partial charge >= 0.3 is 0 Å². The predicted molar refractivity (Wildman–Crippen MR) is 176 cm³/mol. The van der Waals surface area contributed by atoms with E-state index in [1.807, 2.05) is 60.7 Å². The quantitative estimate of drug-likeness (QED) is 0.107. The summed E-state index contributed by atoms with van der Waals surface area (Å²) < 4.78 is 43.4. The molecule has 1 fully saturated rings. The zero-order valence-electron chi connectivity index (χ0n) is 26.4. The van der Waals surface area contributed by atoms with Crippen LogP contribution in [0.25, 0.3) is 17.2 Å². The second-order valence-electron chi connectivity index (χ2n) is 11.7. The Bertz CT molecular complexity index is 1230. The lowest BCUT2D eigenvalue weighted by molar-refractivity contribution is -0.150. The first-order chi connectivity index (χ1) is 21.6. The summed E-state index contributed by atoms with van der Waals surface area (Å²) in [7, 11) is 0. The number of unbranched alkanes of at least 4 members (excludes halogenated alkanes) is 6. The summed E-state index contributed by atoms with van der Waals surface area (Å²) in [5.41, 5.74) is 3.11.